The number of hydrogen-bond acceptors (Lipinski definition) is 8. The van der Waals surface area contributed by atoms with E-state index in [-0.39, 0.29) is 12.0 Å². The Hall–Kier alpha value is -3.29. The van der Waals surface area contributed by atoms with Gasteiger partial charge in [-0.3, -0.25) is 4.79 Å². The molecule has 0 saturated heterocycles. The first kappa shape index (κ1) is 17.8. The first-order valence-corrected chi connectivity index (χ1v) is 9.85. The quantitative estimate of drug-likeness (QED) is 0.640. The standard InChI is InChI=1S/C21H21N5O3/c1-2-28-19(27)21(7-8-21)18-26-25-17(29-18)15-11-22-20(23-12-15)24-16-9-13-5-3-4-6-14(13)10-16/h3-6,11-12,16H,2,7-10H2,1H3,(H,22,23,24). The van der Waals surface area contributed by atoms with E-state index in [9.17, 15) is 4.79 Å². The van der Waals surface area contributed by atoms with Crippen LogP contribution in [0, 0.1) is 0 Å². The van der Waals surface area contributed by atoms with Gasteiger partial charge in [0.05, 0.1) is 12.2 Å². The van der Waals surface area contributed by atoms with Gasteiger partial charge in [-0.25, -0.2) is 9.97 Å². The number of aromatic nitrogens is 4. The topological polar surface area (TPSA) is 103 Å². The highest BCUT2D eigenvalue weighted by Gasteiger charge is 2.57. The van der Waals surface area contributed by atoms with Gasteiger partial charge in [0.1, 0.15) is 5.41 Å². The van der Waals surface area contributed by atoms with Crippen molar-refractivity contribution in [2.45, 2.75) is 44.1 Å². The lowest BCUT2D eigenvalue weighted by molar-refractivity contribution is -0.146. The summed E-state index contributed by atoms with van der Waals surface area (Å²) in [5.74, 6) is 0.868. The van der Waals surface area contributed by atoms with E-state index in [0.29, 0.717) is 42.7 Å². The van der Waals surface area contributed by atoms with Crippen molar-refractivity contribution in [2.75, 3.05) is 11.9 Å². The molecular formula is C21H21N5O3. The predicted octanol–water partition coefficient (Wildman–Crippen LogP) is 2.70. The summed E-state index contributed by atoms with van der Waals surface area (Å²) in [6, 6.07) is 8.75. The molecule has 0 spiro atoms. The molecule has 2 aliphatic rings. The fourth-order valence-electron chi connectivity index (χ4n) is 3.79. The molecule has 2 aromatic heterocycles. The lowest BCUT2D eigenvalue weighted by Crippen LogP contribution is -2.23. The zero-order valence-corrected chi connectivity index (χ0v) is 16.1. The number of benzene rings is 1. The molecule has 3 aromatic rings. The van der Waals surface area contributed by atoms with E-state index in [1.54, 1.807) is 19.3 Å². The maximum Gasteiger partial charge on any atom is 0.321 e. The van der Waals surface area contributed by atoms with Crippen LogP contribution < -0.4 is 5.32 Å². The molecule has 0 unspecified atom stereocenters. The SMILES string of the molecule is CCOC(=O)C1(c2nnc(-c3cnc(NC4Cc5ccccc5C4)nc3)o2)CC1. The minimum atomic E-state index is -0.777. The van der Waals surface area contributed by atoms with Crippen LogP contribution in [0.3, 0.4) is 0 Å². The van der Waals surface area contributed by atoms with Gasteiger partial charge in [0, 0.05) is 18.4 Å². The number of rotatable bonds is 6. The molecule has 0 aliphatic heterocycles. The number of carbonyl (C=O) groups excluding carboxylic acids is 1. The molecular weight excluding hydrogens is 370 g/mol. The fraction of sp³-hybridized carbons (Fsp3) is 0.381. The number of fused-ring (bicyclic) bond motifs is 1. The van der Waals surface area contributed by atoms with Crippen molar-refractivity contribution in [2.24, 2.45) is 0 Å². The van der Waals surface area contributed by atoms with Gasteiger partial charge in [-0.05, 0) is 43.7 Å². The molecule has 5 rings (SSSR count). The third kappa shape index (κ3) is 3.24. The Bertz CT molecular complexity index is 1020. The van der Waals surface area contributed by atoms with Crippen molar-refractivity contribution in [3.8, 4) is 11.5 Å². The first-order valence-electron chi connectivity index (χ1n) is 9.85. The van der Waals surface area contributed by atoms with Crippen molar-refractivity contribution >= 4 is 11.9 Å². The molecule has 8 heteroatoms. The minimum absolute atomic E-state index is 0.285. The second-order valence-corrected chi connectivity index (χ2v) is 7.53. The van der Waals surface area contributed by atoms with Crippen molar-refractivity contribution in [3.63, 3.8) is 0 Å². The van der Waals surface area contributed by atoms with Gasteiger partial charge in [-0.15, -0.1) is 10.2 Å². The normalized spacial score (nSPS) is 17.0. The van der Waals surface area contributed by atoms with E-state index in [0.717, 1.165) is 12.8 Å². The van der Waals surface area contributed by atoms with Crippen LogP contribution >= 0.6 is 0 Å². The lowest BCUT2D eigenvalue weighted by Gasteiger charge is -2.11. The van der Waals surface area contributed by atoms with Gasteiger partial charge in [-0.2, -0.15) is 0 Å². The number of hydrogen-bond donors (Lipinski definition) is 1. The summed E-state index contributed by atoms with van der Waals surface area (Å²) in [5.41, 5.74) is 2.58. The van der Waals surface area contributed by atoms with Crippen LogP contribution in [0.4, 0.5) is 5.95 Å². The van der Waals surface area contributed by atoms with Crippen LogP contribution in [0.25, 0.3) is 11.5 Å². The summed E-state index contributed by atoms with van der Waals surface area (Å²) < 4.78 is 10.9. The molecule has 0 bridgehead atoms. The molecule has 2 heterocycles. The number of carbonyl (C=O) groups is 1. The Balaban J connectivity index is 1.27. The highest BCUT2D eigenvalue weighted by atomic mass is 16.5. The summed E-state index contributed by atoms with van der Waals surface area (Å²) in [7, 11) is 0. The van der Waals surface area contributed by atoms with Crippen molar-refractivity contribution < 1.29 is 13.9 Å². The van der Waals surface area contributed by atoms with Crippen LogP contribution in [-0.4, -0.2) is 38.8 Å². The summed E-state index contributed by atoms with van der Waals surface area (Å²) in [5, 5.41) is 11.5. The average Bonchev–Trinajstić information content (AvgIpc) is 3.21. The van der Waals surface area contributed by atoms with Gasteiger partial charge < -0.3 is 14.5 Å². The third-order valence-electron chi connectivity index (χ3n) is 5.53. The van der Waals surface area contributed by atoms with Gasteiger partial charge in [0.25, 0.3) is 5.89 Å². The van der Waals surface area contributed by atoms with Gasteiger partial charge in [0.2, 0.25) is 11.8 Å². The first-order chi connectivity index (χ1) is 14.2. The van der Waals surface area contributed by atoms with E-state index in [4.69, 9.17) is 9.15 Å². The predicted molar refractivity (Wildman–Crippen MR) is 104 cm³/mol. The minimum Gasteiger partial charge on any atom is -0.465 e. The Labute approximate surface area is 167 Å². The van der Waals surface area contributed by atoms with Crippen LogP contribution in [-0.2, 0) is 27.8 Å². The molecule has 29 heavy (non-hydrogen) atoms. The average molecular weight is 391 g/mol. The monoisotopic (exact) mass is 391 g/mol. The molecule has 0 atom stereocenters. The zero-order chi connectivity index (χ0) is 19.8. The summed E-state index contributed by atoms with van der Waals surface area (Å²) in [6.07, 6.45) is 6.55. The second-order valence-electron chi connectivity index (χ2n) is 7.53. The number of nitrogens with one attached hydrogen (secondary N) is 1. The number of anilines is 1. The van der Waals surface area contributed by atoms with Crippen LogP contribution in [0.15, 0.2) is 41.1 Å². The number of esters is 1. The molecule has 148 valence electrons. The second kappa shape index (κ2) is 6.95. The lowest BCUT2D eigenvalue weighted by atomic mass is 10.1. The fourth-order valence-corrected chi connectivity index (χ4v) is 3.79. The van der Waals surface area contributed by atoms with E-state index in [1.165, 1.54) is 11.1 Å². The Kier molecular flexibility index (Phi) is 4.26. The highest BCUT2D eigenvalue weighted by Crippen LogP contribution is 2.49. The number of ether oxygens (including phenoxy) is 1. The molecule has 1 aromatic carbocycles. The molecule has 2 aliphatic carbocycles. The third-order valence-corrected chi connectivity index (χ3v) is 5.53. The molecule has 1 fully saturated rings. The van der Waals surface area contributed by atoms with Crippen LogP contribution in [0.5, 0.6) is 0 Å². The molecule has 8 nitrogen and oxygen atoms in total. The highest BCUT2D eigenvalue weighted by molar-refractivity contribution is 5.85. The Morgan fingerprint density at radius 1 is 1.17 bits per heavy atom. The van der Waals surface area contributed by atoms with Gasteiger partial charge in [0.15, 0.2) is 0 Å². The van der Waals surface area contributed by atoms with Crippen LogP contribution in [0.1, 0.15) is 36.8 Å². The zero-order valence-electron chi connectivity index (χ0n) is 16.1. The maximum absolute atomic E-state index is 12.2. The summed E-state index contributed by atoms with van der Waals surface area (Å²) in [4.78, 5) is 21.0. The molecule has 0 amide bonds. The van der Waals surface area contributed by atoms with E-state index >= 15 is 0 Å². The number of nitrogens with zero attached hydrogens (tertiary/aromatic N) is 4. The van der Waals surface area contributed by atoms with E-state index in [2.05, 4.69) is 49.7 Å². The van der Waals surface area contributed by atoms with Crippen molar-refractivity contribution in [1.29, 1.82) is 0 Å². The smallest absolute Gasteiger partial charge is 0.321 e. The van der Waals surface area contributed by atoms with Gasteiger partial charge in [-0.1, -0.05) is 24.3 Å². The molecule has 1 saturated carbocycles. The maximum atomic E-state index is 12.2. The largest absolute Gasteiger partial charge is 0.465 e. The molecule has 1 N–H and O–H groups in total. The van der Waals surface area contributed by atoms with Crippen LogP contribution in [0.2, 0.25) is 0 Å². The summed E-state index contributed by atoms with van der Waals surface area (Å²) in [6.45, 7) is 2.11. The van der Waals surface area contributed by atoms with E-state index in [1.807, 2.05) is 0 Å². The Morgan fingerprint density at radius 2 is 1.86 bits per heavy atom. The molecule has 0 radical (unpaired) electrons. The van der Waals surface area contributed by atoms with Crippen molar-refractivity contribution in [1.82, 2.24) is 20.2 Å². The Morgan fingerprint density at radius 3 is 2.48 bits per heavy atom. The van der Waals surface area contributed by atoms with Gasteiger partial charge >= 0.3 is 5.97 Å². The van der Waals surface area contributed by atoms with Crippen molar-refractivity contribution in [3.05, 3.63) is 53.7 Å². The summed E-state index contributed by atoms with van der Waals surface area (Å²) >= 11 is 0. The van der Waals surface area contributed by atoms with E-state index < -0.39 is 5.41 Å².